The summed E-state index contributed by atoms with van der Waals surface area (Å²) in [6.07, 6.45) is 0.938. The van der Waals surface area contributed by atoms with Gasteiger partial charge >= 0.3 is 5.97 Å². The second-order valence-corrected chi connectivity index (χ2v) is 4.09. The van der Waals surface area contributed by atoms with Crippen molar-refractivity contribution < 1.29 is 9.90 Å². The van der Waals surface area contributed by atoms with E-state index >= 15 is 0 Å². The summed E-state index contributed by atoms with van der Waals surface area (Å²) in [5, 5.41) is 11.6. The largest absolute Gasteiger partial charge is 0.480 e. The molecule has 0 radical (unpaired) electrons. The molecule has 0 amide bonds. The van der Waals surface area contributed by atoms with E-state index in [-0.39, 0.29) is 6.54 Å². The van der Waals surface area contributed by atoms with E-state index in [4.69, 9.17) is 5.11 Å². The summed E-state index contributed by atoms with van der Waals surface area (Å²) in [5.41, 5.74) is 0.954. The first-order chi connectivity index (χ1) is 6.61. The van der Waals surface area contributed by atoms with Crippen LogP contribution in [0.1, 0.15) is 17.6 Å². The number of rotatable bonds is 5. The molecule has 1 rings (SSSR count). The van der Waals surface area contributed by atoms with E-state index in [2.05, 4.69) is 11.9 Å². The van der Waals surface area contributed by atoms with Gasteiger partial charge in [0.1, 0.15) is 0 Å². The molecule has 5 heteroatoms. The summed E-state index contributed by atoms with van der Waals surface area (Å²) in [7, 11) is 1.78. The summed E-state index contributed by atoms with van der Waals surface area (Å²) < 4.78 is 0. The number of carboxylic acid groups (broad SMARTS) is 1. The Morgan fingerprint density at radius 3 is 2.93 bits per heavy atom. The predicted molar refractivity (Wildman–Crippen MR) is 55.5 cm³/mol. The van der Waals surface area contributed by atoms with Crippen LogP contribution in [0.4, 0.5) is 0 Å². The van der Waals surface area contributed by atoms with E-state index in [1.165, 1.54) is 0 Å². The quantitative estimate of drug-likeness (QED) is 0.800. The number of likely N-dealkylation sites (N-methyl/N-ethyl adjacent to an activating group) is 1. The van der Waals surface area contributed by atoms with E-state index in [0.29, 0.717) is 6.54 Å². The van der Waals surface area contributed by atoms with Crippen LogP contribution in [0.3, 0.4) is 0 Å². The molecule has 0 saturated heterocycles. The van der Waals surface area contributed by atoms with Crippen LogP contribution in [0.15, 0.2) is 5.38 Å². The SMILES string of the molecule is CCc1nc(CN(C)CC(=O)O)cs1. The highest BCUT2D eigenvalue weighted by Crippen LogP contribution is 2.11. The molecule has 0 aliphatic heterocycles. The van der Waals surface area contributed by atoms with E-state index in [1.54, 1.807) is 23.3 Å². The molecule has 14 heavy (non-hydrogen) atoms. The number of thiazole rings is 1. The smallest absolute Gasteiger partial charge is 0.317 e. The molecule has 1 N–H and O–H groups in total. The molecule has 0 aromatic carbocycles. The summed E-state index contributed by atoms with van der Waals surface area (Å²) in [6.45, 7) is 2.71. The van der Waals surface area contributed by atoms with Crippen LogP contribution in [-0.4, -0.2) is 34.6 Å². The van der Waals surface area contributed by atoms with Crippen LogP contribution in [0.25, 0.3) is 0 Å². The summed E-state index contributed by atoms with van der Waals surface area (Å²) >= 11 is 1.63. The third-order valence-corrected chi connectivity index (χ3v) is 2.78. The molecular weight excluding hydrogens is 200 g/mol. The number of aryl methyl sites for hydroxylation is 1. The van der Waals surface area contributed by atoms with Gasteiger partial charge in [0.25, 0.3) is 0 Å². The van der Waals surface area contributed by atoms with Crippen molar-refractivity contribution in [3.05, 3.63) is 16.1 Å². The van der Waals surface area contributed by atoms with E-state index < -0.39 is 5.97 Å². The first kappa shape index (κ1) is 11.1. The van der Waals surface area contributed by atoms with Crippen LogP contribution in [0.5, 0.6) is 0 Å². The fourth-order valence-electron chi connectivity index (χ4n) is 1.15. The molecule has 0 unspecified atom stereocenters. The van der Waals surface area contributed by atoms with Gasteiger partial charge in [-0.05, 0) is 13.5 Å². The van der Waals surface area contributed by atoms with Gasteiger partial charge in [0, 0.05) is 11.9 Å². The highest BCUT2D eigenvalue weighted by atomic mass is 32.1. The Kier molecular flexibility index (Phi) is 4.03. The lowest BCUT2D eigenvalue weighted by Gasteiger charge is -2.11. The lowest BCUT2D eigenvalue weighted by Crippen LogP contribution is -2.25. The fourth-order valence-corrected chi connectivity index (χ4v) is 1.88. The number of hydrogen-bond donors (Lipinski definition) is 1. The van der Waals surface area contributed by atoms with Crippen molar-refractivity contribution >= 4 is 17.3 Å². The number of hydrogen-bond acceptors (Lipinski definition) is 4. The normalized spacial score (nSPS) is 10.8. The van der Waals surface area contributed by atoms with Crippen molar-refractivity contribution in [2.75, 3.05) is 13.6 Å². The van der Waals surface area contributed by atoms with E-state index in [1.807, 2.05) is 5.38 Å². The topological polar surface area (TPSA) is 53.4 Å². The van der Waals surface area contributed by atoms with Crippen molar-refractivity contribution in [1.82, 2.24) is 9.88 Å². The third-order valence-electron chi connectivity index (χ3n) is 1.74. The zero-order valence-corrected chi connectivity index (χ0v) is 9.17. The van der Waals surface area contributed by atoms with Crippen LogP contribution in [0, 0.1) is 0 Å². The number of carboxylic acids is 1. The lowest BCUT2D eigenvalue weighted by atomic mass is 10.4. The van der Waals surface area contributed by atoms with Crippen LogP contribution in [-0.2, 0) is 17.8 Å². The average Bonchev–Trinajstić information content (AvgIpc) is 2.50. The first-order valence-corrected chi connectivity index (χ1v) is 5.33. The van der Waals surface area contributed by atoms with Crippen LogP contribution in [0.2, 0.25) is 0 Å². The fraction of sp³-hybridized carbons (Fsp3) is 0.556. The first-order valence-electron chi connectivity index (χ1n) is 4.45. The van der Waals surface area contributed by atoms with Crippen molar-refractivity contribution in [2.45, 2.75) is 19.9 Å². The third kappa shape index (κ3) is 3.43. The van der Waals surface area contributed by atoms with Crippen molar-refractivity contribution in [1.29, 1.82) is 0 Å². The molecule has 4 nitrogen and oxygen atoms in total. The molecule has 0 atom stereocenters. The Bertz CT molecular complexity index is 312. The standard InChI is InChI=1S/C9H14N2O2S/c1-3-8-10-7(6-14-8)4-11(2)5-9(12)13/h6H,3-5H2,1-2H3,(H,12,13). The minimum atomic E-state index is -0.807. The maximum absolute atomic E-state index is 10.4. The number of aliphatic carboxylic acids is 1. The number of carbonyl (C=O) groups is 1. The monoisotopic (exact) mass is 214 g/mol. The Morgan fingerprint density at radius 2 is 2.43 bits per heavy atom. The zero-order valence-electron chi connectivity index (χ0n) is 8.36. The van der Waals surface area contributed by atoms with E-state index in [0.717, 1.165) is 17.1 Å². The number of nitrogens with zero attached hydrogens (tertiary/aromatic N) is 2. The molecule has 1 aromatic rings. The minimum absolute atomic E-state index is 0.0545. The van der Waals surface area contributed by atoms with Crippen molar-refractivity contribution in [3.63, 3.8) is 0 Å². The summed E-state index contributed by atoms with van der Waals surface area (Å²) in [6, 6.07) is 0. The molecule has 0 aliphatic rings. The Balaban J connectivity index is 2.47. The minimum Gasteiger partial charge on any atom is -0.480 e. The van der Waals surface area contributed by atoms with Gasteiger partial charge in [-0.15, -0.1) is 11.3 Å². The predicted octanol–water partition coefficient (Wildman–Crippen LogP) is 1.22. The van der Waals surface area contributed by atoms with Crippen LogP contribution >= 0.6 is 11.3 Å². The van der Waals surface area contributed by atoms with Gasteiger partial charge in [-0.3, -0.25) is 9.69 Å². The van der Waals surface area contributed by atoms with Gasteiger partial charge in [0.2, 0.25) is 0 Å². The van der Waals surface area contributed by atoms with Gasteiger partial charge in [-0.1, -0.05) is 6.92 Å². The Hall–Kier alpha value is -0.940. The molecule has 78 valence electrons. The zero-order chi connectivity index (χ0) is 10.6. The van der Waals surface area contributed by atoms with Gasteiger partial charge in [-0.25, -0.2) is 4.98 Å². The van der Waals surface area contributed by atoms with Gasteiger partial charge in [0.05, 0.1) is 17.2 Å². The molecule has 0 bridgehead atoms. The van der Waals surface area contributed by atoms with Crippen molar-refractivity contribution in [3.8, 4) is 0 Å². The number of aromatic nitrogens is 1. The van der Waals surface area contributed by atoms with Gasteiger partial charge in [0.15, 0.2) is 0 Å². The average molecular weight is 214 g/mol. The highest BCUT2D eigenvalue weighted by Gasteiger charge is 2.07. The molecule has 0 fully saturated rings. The Morgan fingerprint density at radius 1 is 1.71 bits per heavy atom. The van der Waals surface area contributed by atoms with Crippen molar-refractivity contribution in [2.24, 2.45) is 0 Å². The second kappa shape index (κ2) is 5.07. The molecular formula is C9H14N2O2S. The Labute approximate surface area is 87.2 Å². The maximum Gasteiger partial charge on any atom is 0.317 e. The van der Waals surface area contributed by atoms with Gasteiger partial charge in [-0.2, -0.15) is 0 Å². The molecule has 1 heterocycles. The summed E-state index contributed by atoms with van der Waals surface area (Å²) in [4.78, 5) is 16.5. The molecule has 0 aliphatic carbocycles. The molecule has 0 spiro atoms. The highest BCUT2D eigenvalue weighted by molar-refractivity contribution is 7.09. The van der Waals surface area contributed by atoms with Crippen LogP contribution < -0.4 is 0 Å². The molecule has 1 aromatic heterocycles. The maximum atomic E-state index is 10.4. The molecule has 0 saturated carbocycles. The van der Waals surface area contributed by atoms with E-state index in [9.17, 15) is 4.79 Å². The van der Waals surface area contributed by atoms with Gasteiger partial charge < -0.3 is 5.11 Å². The lowest BCUT2D eigenvalue weighted by molar-refractivity contribution is -0.138. The second-order valence-electron chi connectivity index (χ2n) is 3.15. The summed E-state index contributed by atoms with van der Waals surface area (Å²) in [5.74, 6) is -0.807.